The zero-order chi connectivity index (χ0) is 9.54. The minimum atomic E-state index is 0.194. The molecule has 0 spiro atoms. The van der Waals surface area contributed by atoms with Gasteiger partial charge in [0.05, 0.1) is 0 Å². The lowest BCUT2D eigenvalue weighted by Gasteiger charge is -2.36. The predicted octanol–water partition coefficient (Wildman–Crippen LogP) is 2.14. The average molecular weight is 189 g/mol. The van der Waals surface area contributed by atoms with E-state index in [0.29, 0.717) is 5.92 Å². The number of rotatable bonds is 0. The first-order valence-electron chi connectivity index (χ1n) is 5.54. The van der Waals surface area contributed by atoms with Crippen molar-refractivity contribution in [1.29, 1.82) is 0 Å². The van der Waals surface area contributed by atoms with Crippen LogP contribution in [-0.4, -0.2) is 4.57 Å². The Balaban J connectivity index is 2.15. The third kappa shape index (κ3) is 1.13. The van der Waals surface area contributed by atoms with Crippen LogP contribution in [0.15, 0.2) is 23.0 Å². The Morgan fingerprint density at radius 1 is 1.29 bits per heavy atom. The zero-order valence-corrected chi connectivity index (χ0v) is 8.28. The summed E-state index contributed by atoms with van der Waals surface area (Å²) < 4.78 is 2.00. The number of aromatic nitrogens is 1. The molecule has 1 aromatic rings. The van der Waals surface area contributed by atoms with Crippen LogP contribution in [0.25, 0.3) is 0 Å². The van der Waals surface area contributed by atoms with Crippen LogP contribution in [0, 0.1) is 5.92 Å². The van der Waals surface area contributed by atoms with Crippen LogP contribution in [-0.2, 0) is 6.54 Å². The lowest BCUT2D eigenvalue weighted by Crippen LogP contribution is -2.34. The van der Waals surface area contributed by atoms with Crippen LogP contribution in [0.1, 0.15) is 37.3 Å². The van der Waals surface area contributed by atoms with Crippen molar-refractivity contribution in [3.63, 3.8) is 0 Å². The molecular weight excluding hydrogens is 174 g/mol. The summed E-state index contributed by atoms with van der Waals surface area (Å²) in [5.74, 6) is 1.43. The summed E-state index contributed by atoms with van der Waals surface area (Å²) in [5.41, 5.74) is 1.48. The summed E-state index contributed by atoms with van der Waals surface area (Å²) >= 11 is 0. The first kappa shape index (κ1) is 8.27. The van der Waals surface area contributed by atoms with Crippen molar-refractivity contribution in [2.45, 2.75) is 38.1 Å². The van der Waals surface area contributed by atoms with Crippen LogP contribution in [0.2, 0.25) is 0 Å². The maximum Gasteiger partial charge on any atom is 0.250 e. The molecule has 0 amide bonds. The average Bonchev–Trinajstić information content (AvgIpc) is 2.20. The topological polar surface area (TPSA) is 22.0 Å². The molecule has 0 saturated heterocycles. The molecule has 1 fully saturated rings. The fourth-order valence-electron chi connectivity index (χ4n) is 3.07. The highest BCUT2D eigenvalue weighted by molar-refractivity contribution is 5.15. The first-order chi connectivity index (χ1) is 6.84. The molecule has 2 heteroatoms. The molecule has 0 N–H and O–H groups in total. The van der Waals surface area contributed by atoms with Crippen molar-refractivity contribution in [1.82, 2.24) is 4.57 Å². The van der Waals surface area contributed by atoms with Gasteiger partial charge in [0.2, 0.25) is 0 Å². The van der Waals surface area contributed by atoms with E-state index in [1.165, 1.54) is 31.4 Å². The Bertz CT molecular complexity index is 407. The van der Waals surface area contributed by atoms with Crippen LogP contribution in [0.4, 0.5) is 0 Å². The quantitative estimate of drug-likeness (QED) is 0.613. The van der Waals surface area contributed by atoms with Gasteiger partial charge < -0.3 is 4.57 Å². The summed E-state index contributed by atoms with van der Waals surface area (Å²) in [6.45, 7) is 0.964. The molecule has 2 nitrogen and oxygen atoms in total. The maximum absolute atomic E-state index is 11.7. The highest BCUT2D eigenvalue weighted by Crippen LogP contribution is 2.39. The molecule has 1 aliphatic carbocycles. The van der Waals surface area contributed by atoms with Crippen LogP contribution in [0.5, 0.6) is 0 Å². The molecule has 74 valence electrons. The molecule has 0 unspecified atom stereocenters. The fraction of sp³-hybridized carbons (Fsp3) is 0.583. The Kier molecular flexibility index (Phi) is 1.76. The van der Waals surface area contributed by atoms with Gasteiger partial charge in [0.15, 0.2) is 0 Å². The Hall–Kier alpha value is -1.05. The number of hydrogen-bond donors (Lipinski definition) is 0. The predicted molar refractivity (Wildman–Crippen MR) is 55.4 cm³/mol. The Morgan fingerprint density at radius 2 is 2.21 bits per heavy atom. The van der Waals surface area contributed by atoms with E-state index in [1.54, 1.807) is 6.07 Å². The van der Waals surface area contributed by atoms with Gasteiger partial charge in [0.25, 0.3) is 5.56 Å². The van der Waals surface area contributed by atoms with Gasteiger partial charge in [-0.1, -0.05) is 12.5 Å². The normalized spacial score (nSPS) is 29.7. The molecular formula is C12H15NO. The van der Waals surface area contributed by atoms with Crippen LogP contribution >= 0.6 is 0 Å². The number of fused-ring (bicyclic) bond motifs is 4. The van der Waals surface area contributed by atoms with E-state index in [9.17, 15) is 4.79 Å². The second-order valence-electron chi connectivity index (χ2n) is 4.63. The lowest BCUT2D eigenvalue weighted by atomic mass is 9.77. The SMILES string of the molecule is O=c1cccc2n1C[C@@H]1CCC[C@H]2C1. The zero-order valence-electron chi connectivity index (χ0n) is 8.28. The van der Waals surface area contributed by atoms with E-state index in [4.69, 9.17) is 0 Å². The minimum Gasteiger partial charge on any atom is -0.312 e. The van der Waals surface area contributed by atoms with E-state index in [2.05, 4.69) is 6.07 Å². The molecule has 14 heavy (non-hydrogen) atoms. The Labute approximate surface area is 83.6 Å². The highest BCUT2D eigenvalue weighted by Gasteiger charge is 2.30. The molecule has 1 saturated carbocycles. The molecule has 2 aliphatic rings. The van der Waals surface area contributed by atoms with Gasteiger partial charge in [0.1, 0.15) is 0 Å². The second kappa shape index (κ2) is 2.97. The molecule has 0 aromatic carbocycles. The van der Waals surface area contributed by atoms with E-state index in [0.717, 1.165) is 12.5 Å². The smallest absolute Gasteiger partial charge is 0.250 e. The van der Waals surface area contributed by atoms with Crippen LogP contribution < -0.4 is 5.56 Å². The summed E-state index contributed by atoms with van der Waals surface area (Å²) in [6.07, 6.45) is 5.25. The van der Waals surface area contributed by atoms with Crippen molar-refractivity contribution < 1.29 is 0 Å². The van der Waals surface area contributed by atoms with E-state index in [1.807, 2.05) is 10.6 Å². The molecule has 0 radical (unpaired) electrons. The van der Waals surface area contributed by atoms with Gasteiger partial charge in [-0.15, -0.1) is 0 Å². The number of hydrogen-bond acceptors (Lipinski definition) is 1. The van der Waals surface area contributed by atoms with Gasteiger partial charge in [-0.25, -0.2) is 0 Å². The minimum absolute atomic E-state index is 0.194. The van der Waals surface area contributed by atoms with Gasteiger partial charge in [0, 0.05) is 18.3 Å². The second-order valence-corrected chi connectivity index (χ2v) is 4.63. The lowest BCUT2D eigenvalue weighted by molar-refractivity contribution is 0.240. The molecule has 2 atom stereocenters. The van der Waals surface area contributed by atoms with E-state index < -0.39 is 0 Å². The van der Waals surface area contributed by atoms with Gasteiger partial charge >= 0.3 is 0 Å². The molecule has 2 bridgehead atoms. The molecule has 3 rings (SSSR count). The van der Waals surface area contributed by atoms with E-state index >= 15 is 0 Å². The highest BCUT2D eigenvalue weighted by atomic mass is 16.1. The monoisotopic (exact) mass is 189 g/mol. The summed E-state index contributed by atoms with van der Waals surface area (Å²) in [7, 11) is 0. The first-order valence-corrected chi connectivity index (χ1v) is 5.54. The van der Waals surface area contributed by atoms with Crippen molar-refractivity contribution in [2.24, 2.45) is 5.92 Å². The largest absolute Gasteiger partial charge is 0.312 e. The van der Waals surface area contributed by atoms with Crippen molar-refractivity contribution in [2.75, 3.05) is 0 Å². The third-order valence-corrected chi connectivity index (χ3v) is 3.73. The van der Waals surface area contributed by atoms with Crippen molar-refractivity contribution in [3.8, 4) is 0 Å². The standard InChI is InChI=1S/C12H15NO/c14-12-6-2-5-11-10-4-1-3-9(7-10)8-13(11)12/h2,5-6,9-10H,1,3-4,7-8H2/t9-,10+/m1/s1. The summed E-state index contributed by atoms with van der Waals surface area (Å²) in [5, 5.41) is 0. The van der Waals surface area contributed by atoms with Gasteiger partial charge in [-0.3, -0.25) is 4.79 Å². The van der Waals surface area contributed by atoms with Crippen LogP contribution in [0.3, 0.4) is 0 Å². The Morgan fingerprint density at radius 3 is 3.14 bits per heavy atom. The summed E-state index contributed by atoms with van der Waals surface area (Å²) in [6, 6.07) is 5.72. The number of nitrogens with zero attached hydrogens (tertiary/aromatic N) is 1. The molecule has 1 aliphatic heterocycles. The van der Waals surface area contributed by atoms with Gasteiger partial charge in [-0.05, 0) is 37.2 Å². The van der Waals surface area contributed by atoms with E-state index in [-0.39, 0.29) is 5.56 Å². The number of pyridine rings is 1. The third-order valence-electron chi connectivity index (χ3n) is 3.73. The molecule has 1 aromatic heterocycles. The maximum atomic E-state index is 11.7. The fourth-order valence-corrected chi connectivity index (χ4v) is 3.07. The molecule has 2 heterocycles. The summed E-state index contributed by atoms with van der Waals surface area (Å²) in [4.78, 5) is 11.7. The van der Waals surface area contributed by atoms with Crippen molar-refractivity contribution >= 4 is 0 Å². The van der Waals surface area contributed by atoms with Gasteiger partial charge in [-0.2, -0.15) is 0 Å². The van der Waals surface area contributed by atoms with Crippen molar-refractivity contribution in [3.05, 3.63) is 34.2 Å².